The number of benzene rings is 2. The first kappa shape index (κ1) is 18.8. The van der Waals surface area contributed by atoms with Crippen molar-refractivity contribution in [1.82, 2.24) is 0 Å². The van der Waals surface area contributed by atoms with Crippen LogP contribution in [0.2, 0.25) is 10.0 Å². The standard InChI is InChI=1S/C17H16Cl2N2O4S/c1-10-3-6-15-14(7-10)21(26(2,23)24)9-16(25-15)17(22)20-13-8-11(18)4-5-12(13)19/h3-8,16H,9H2,1-2H3,(H,20,22). The summed E-state index contributed by atoms with van der Waals surface area (Å²) in [6, 6.07) is 9.80. The molecule has 1 aliphatic heterocycles. The van der Waals surface area contributed by atoms with Crippen LogP contribution in [0.4, 0.5) is 11.4 Å². The molecular formula is C17H16Cl2N2O4S. The number of anilines is 2. The molecule has 2 aromatic carbocycles. The van der Waals surface area contributed by atoms with Crippen molar-refractivity contribution in [2.75, 3.05) is 22.4 Å². The third-order valence-electron chi connectivity index (χ3n) is 3.86. The normalized spacial score (nSPS) is 16.6. The Balaban J connectivity index is 1.91. The van der Waals surface area contributed by atoms with Crippen molar-refractivity contribution in [3.63, 3.8) is 0 Å². The highest BCUT2D eigenvalue weighted by Gasteiger charge is 2.35. The summed E-state index contributed by atoms with van der Waals surface area (Å²) in [6.07, 6.45) is 0.0581. The molecule has 0 saturated carbocycles. The average Bonchev–Trinajstić information content (AvgIpc) is 2.56. The van der Waals surface area contributed by atoms with Crippen molar-refractivity contribution in [3.8, 4) is 5.75 Å². The zero-order chi connectivity index (χ0) is 19.1. The van der Waals surface area contributed by atoms with Crippen LogP contribution in [0, 0.1) is 6.92 Å². The number of carbonyl (C=O) groups excluding carboxylic acids is 1. The Morgan fingerprint density at radius 1 is 1.23 bits per heavy atom. The smallest absolute Gasteiger partial charge is 0.267 e. The summed E-state index contributed by atoms with van der Waals surface area (Å²) < 4.78 is 31.3. The SMILES string of the molecule is Cc1ccc2c(c1)N(S(C)(=O)=O)CC(C(=O)Nc1cc(Cl)ccc1Cl)O2. The summed E-state index contributed by atoms with van der Waals surface area (Å²) in [7, 11) is -3.58. The van der Waals surface area contributed by atoms with E-state index in [4.69, 9.17) is 27.9 Å². The van der Waals surface area contributed by atoms with E-state index in [-0.39, 0.29) is 6.54 Å². The molecule has 1 amide bonds. The maximum absolute atomic E-state index is 12.6. The molecular weight excluding hydrogens is 399 g/mol. The Morgan fingerprint density at radius 2 is 1.96 bits per heavy atom. The molecule has 1 aliphatic rings. The number of sulfonamides is 1. The van der Waals surface area contributed by atoms with Gasteiger partial charge in [0, 0.05) is 5.02 Å². The van der Waals surface area contributed by atoms with Gasteiger partial charge in [0.25, 0.3) is 5.91 Å². The highest BCUT2D eigenvalue weighted by atomic mass is 35.5. The summed E-state index contributed by atoms with van der Waals surface area (Å²) in [4.78, 5) is 12.6. The minimum absolute atomic E-state index is 0.140. The fourth-order valence-electron chi connectivity index (χ4n) is 2.62. The van der Waals surface area contributed by atoms with Crippen LogP contribution >= 0.6 is 23.2 Å². The van der Waals surface area contributed by atoms with E-state index in [0.717, 1.165) is 11.8 Å². The predicted octanol–water partition coefficient (Wildman–Crippen LogP) is 3.47. The fraction of sp³-hybridized carbons (Fsp3) is 0.235. The number of nitrogens with zero attached hydrogens (tertiary/aromatic N) is 1. The van der Waals surface area contributed by atoms with Crippen LogP contribution in [-0.2, 0) is 14.8 Å². The molecule has 0 fully saturated rings. The van der Waals surface area contributed by atoms with Crippen LogP contribution in [0.1, 0.15) is 5.56 Å². The van der Waals surface area contributed by atoms with E-state index in [1.807, 2.05) is 6.92 Å². The van der Waals surface area contributed by atoms with E-state index < -0.39 is 22.0 Å². The average molecular weight is 415 g/mol. The summed E-state index contributed by atoms with van der Waals surface area (Å²) >= 11 is 12.0. The topological polar surface area (TPSA) is 75.7 Å². The highest BCUT2D eigenvalue weighted by Crippen LogP contribution is 2.36. The van der Waals surface area contributed by atoms with Gasteiger partial charge in [-0.3, -0.25) is 9.10 Å². The van der Waals surface area contributed by atoms with E-state index in [1.165, 1.54) is 10.4 Å². The van der Waals surface area contributed by atoms with Crippen LogP contribution in [0.25, 0.3) is 0 Å². The minimum Gasteiger partial charge on any atom is -0.476 e. The lowest BCUT2D eigenvalue weighted by Crippen LogP contribution is -2.48. The second-order valence-corrected chi connectivity index (χ2v) is 8.74. The number of rotatable bonds is 3. The molecule has 0 saturated heterocycles. The van der Waals surface area contributed by atoms with E-state index in [2.05, 4.69) is 5.32 Å². The zero-order valence-corrected chi connectivity index (χ0v) is 16.3. The van der Waals surface area contributed by atoms with Crippen molar-refractivity contribution < 1.29 is 17.9 Å². The zero-order valence-electron chi connectivity index (χ0n) is 14.0. The fourth-order valence-corrected chi connectivity index (χ4v) is 3.86. The second kappa shape index (κ2) is 6.98. The molecule has 3 rings (SSSR count). The molecule has 1 heterocycles. The Hall–Kier alpha value is -1.96. The number of hydrogen-bond acceptors (Lipinski definition) is 4. The van der Waals surface area contributed by atoms with Crippen LogP contribution in [0.15, 0.2) is 36.4 Å². The lowest BCUT2D eigenvalue weighted by atomic mass is 10.1. The Labute approximate surface area is 161 Å². The van der Waals surface area contributed by atoms with E-state index >= 15 is 0 Å². The highest BCUT2D eigenvalue weighted by molar-refractivity contribution is 7.92. The van der Waals surface area contributed by atoms with Crippen LogP contribution in [-0.4, -0.2) is 33.2 Å². The number of aryl methyl sites for hydroxylation is 1. The molecule has 0 aromatic heterocycles. The molecule has 26 heavy (non-hydrogen) atoms. The van der Waals surface area contributed by atoms with Crippen molar-refractivity contribution >= 4 is 50.5 Å². The van der Waals surface area contributed by atoms with Crippen molar-refractivity contribution in [3.05, 3.63) is 52.0 Å². The van der Waals surface area contributed by atoms with Gasteiger partial charge in [0.2, 0.25) is 10.0 Å². The van der Waals surface area contributed by atoms with Gasteiger partial charge in [-0.15, -0.1) is 0 Å². The molecule has 138 valence electrons. The van der Waals surface area contributed by atoms with E-state index in [0.29, 0.717) is 27.2 Å². The second-order valence-electron chi connectivity index (χ2n) is 5.99. The first-order chi connectivity index (χ1) is 12.1. The number of carbonyl (C=O) groups is 1. The predicted molar refractivity (Wildman–Crippen MR) is 103 cm³/mol. The summed E-state index contributed by atoms with van der Waals surface area (Å²) in [5, 5.41) is 3.36. The van der Waals surface area contributed by atoms with Gasteiger partial charge in [0.1, 0.15) is 5.75 Å². The van der Waals surface area contributed by atoms with Crippen molar-refractivity contribution in [2.45, 2.75) is 13.0 Å². The lowest BCUT2D eigenvalue weighted by molar-refractivity contribution is -0.122. The van der Waals surface area contributed by atoms with Gasteiger partial charge in [-0.2, -0.15) is 0 Å². The quantitative estimate of drug-likeness (QED) is 0.833. The van der Waals surface area contributed by atoms with Gasteiger partial charge in [-0.1, -0.05) is 29.3 Å². The summed E-state index contributed by atoms with van der Waals surface area (Å²) in [5.41, 5.74) is 1.63. The molecule has 1 N–H and O–H groups in total. The van der Waals surface area contributed by atoms with Gasteiger partial charge in [0.15, 0.2) is 6.10 Å². The third kappa shape index (κ3) is 3.90. The number of hydrogen-bond donors (Lipinski definition) is 1. The number of nitrogens with one attached hydrogen (secondary N) is 1. The minimum atomic E-state index is -3.58. The maximum Gasteiger partial charge on any atom is 0.267 e. The Kier molecular flexibility index (Phi) is 5.05. The molecule has 6 nitrogen and oxygen atoms in total. The largest absolute Gasteiger partial charge is 0.476 e. The van der Waals surface area contributed by atoms with Crippen molar-refractivity contribution in [2.24, 2.45) is 0 Å². The van der Waals surface area contributed by atoms with Gasteiger partial charge < -0.3 is 10.1 Å². The number of halogens is 2. The maximum atomic E-state index is 12.6. The Morgan fingerprint density at radius 3 is 2.65 bits per heavy atom. The molecule has 0 spiro atoms. The molecule has 1 atom stereocenters. The first-order valence-electron chi connectivity index (χ1n) is 7.66. The van der Waals surface area contributed by atoms with Gasteiger partial charge in [-0.25, -0.2) is 8.42 Å². The van der Waals surface area contributed by atoms with Crippen molar-refractivity contribution in [1.29, 1.82) is 0 Å². The lowest BCUT2D eigenvalue weighted by Gasteiger charge is -2.34. The summed E-state index contributed by atoms with van der Waals surface area (Å²) in [5.74, 6) is -0.196. The van der Waals surface area contributed by atoms with Crippen LogP contribution < -0.4 is 14.4 Å². The van der Waals surface area contributed by atoms with Crippen LogP contribution in [0.3, 0.4) is 0 Å². The number of amides is 1. The van der Waals surface area contributed by atoms with Crippen LogP contribution in [0.5, 0.6) is 5.75 Å². The number of fused-ring (bicyclic) bond motifs is 1. The number of ether oxygens (including phenoxy) is 1. The van der Waals surface area contributed by atoms with E-state index in [1.54, 1.807) is 30.3 Å². The molecule has 2 aromatic rings. The molecule has 1 unspecified atom stereocenters. The van der Waals surface area contributed by atoms with Gasteiger partial charge in [-0.05, 0) is 42.8 Å². The first-order valence-corrected chi connectivity index (χ1v) is 10.3. The Bertz CT molecular complexity index is 979. The summed E-state index contributed by atoms with van der Waals surface area (Å²) in [6.45, 7) is 1.71. The van der Waals surface area contributed by atoms with Gasteiger partial charge >= 0.3 is 0 Å². The molecule has 0 bridgehead atoms. The molecule has 9 heteroatoms. The molecule has 0 aliphatic carbocycles. The van der Waals surface area contributed by atoms with E-state index in [9.17, 15) is 13.2 Å². The molecule has 0 radical (unpaired) electrons. The van der Waals surface area contributed by atoms with Gasteiger partial charge in [0.05, 0.1) is 29.2 Å². The third-order valence-corrected chi connectivity index (χ3v) is 5.57. The monoisotopic (exact) mass is 414 g/mol.